The highest BCUT2D eigenvalue weighted by molar-refractivity contribution is 6.12. The second kappa shape index (κ2) is 15.2. The van der Waals surface area contributed by atoms with Gasteiger partial charge in [-0.2, -0.15) is 0 Å². The van der Waals surface area contributed by atoms with E-state index in [4.69, 9.17) is 19.4 Å². The zero-order chi connectivity index (χ0) is 45.9. The Hall–Kier alpha value is -9.07. The molecule has 4 aliphatic carbocycles. The molecule has 0 fully saturated rings. The smallest absolute Gasteiger partial charge is 0.164 e. The number of anilines is 2. The van der Waals surface area contributed by atoms with E-state index in [1.165, 1.54) is 61.1 Å². The van der Waals surface area contributed by atoms with Gasteiger partial charge in [0.05, 0.1) is 23.1 Å². The van der Waals surface area contributed by atoms with E-state index in [-0.39, 0.29) is 12.1 Å². The van der Waals surface area contributed by atoms with E-state index >= 15 is 0 Å². The highest BCUT2D eigenvalue weighted by Crippen LogP contribution is 2.49. The highest BCUT2D eigenvalue weighted by Gasteiger charge is 2.39. The van der Waals surface area contributed by atoms with Crippen molar-refractivity contribution in [2.24, 2.45) is 0 Å². The summed E-state index contributed by atoms with van der Waals surface area (Å²) in [5, 5.41) is 3.57. The fourth-order valence-electron chi connectivity index (χ4n) is 11.6. The van der Waals surface area contributed by atoms with Gasteiger partial charge in [0.15, 0.2) is 17.5 Å². The summed E-state index contributed by atoms with van der Waals surface area (Å²) in [7, 11) is 0. The van der Waals surface area contributed by atoms with Crippen LogP contribution in [-0.2, 0) is 6.42 Å². The predicted molar refractivity (Wildman–Crippen MR) is 283 cm³/mol. The molecular weight excluding hydrogens is 857 g/mol. The number of hydrogen-bond acceptors (Lipinski definition) is 6. The van der Waals surface area contributed by atoms with Crippen molar-refractivity contribution in [3.05, 3.63) is 257 Å². The molecule has 0 saturated carbocycles. The maximum Gasteiger partial charge on any atom is 0.164 e. The van der Waals surface area contributed by atoms with E-state index in [9.17, 15) is 0 Å². The first-order valence-corrected chi connectivity index (χ1v) is 24.1. The van der Waals surface area contributed by atoms with Crippen molar-refractivity contribution in [1.29, 1.82) is 0 Å². The molecule has 70 heavy (non-hydrogen) atoms. The van der Waals surface area contributed by atoms with E-state index in [1.807, 2.05) is 60.7 Å². The quantitative estimate of drug-likeness (QED) is 0.166. The third-order valence-electron chi connectivity index (χ3n) is 14.8. The molecule has 7 nitrogen and oxygen atoms in total. The third-order valence-corrected chi connectivity index (χ3v) is 14.8. The molecule has 9 aromatic rings. The van der Waals surface area contributed by atoms with Gasteiger partial charge in [-0.05, 0) is 102 Å². The molecule has 0 amide bonds. The molecule has 0 bridgehead atoms. The van der Waals surface area contributed by atoms with Crippen LogP contribution < -0.4 is 9.80 Å². The number of allylic oxidation sites excluding steroid dienone is 9. The summed E-state index contributed by atoms with van der Waals surface area (Å²) in [6, 6.07) is 51.7. The molecule has 3 aromatic heterocycles. The molecule has 2 aliphatic heterocycles. The second-order valence-corrected chi connectivity index (χ2v) is 18.6. The van der Waals surface area contributed by atoms with Crippen molar-refractivity contribution in [2.45, 2.75) is 24.9 Å². The Morgan fingerprint density at radius 1 is 0.486 bits per heavy atom. The normalized spacial score (nSPS) is 18.5. The number of fused-ring (bicyclic) bond motifs is 10. The summed E-state index contributed by atoms with van der Waals surface area (Å²) >= 11 is 0. The second-order valence-electron chi connectivity index (χ2n) is 18.6. The summed E-state index contributed by atoms with van der Waals surface area (Å²) in [6.45, 7) is 0. The summed E-state index contributed by atoms with van der Waals surface area (Å²) < 4.78 is 8.95. The number of aromatic nitrogens is 4. The van der Waals surface area contributed by atoms with Crippen molar-refractivity contribution < 1.29 is 4.42 Å². The predicted octanol–water partition coefficient (Wildman–Crippen LogP) is 14.4. The number of nitrogens with zero attached hydrogens (tertiary/aromatic N) is 6. The molecule has 6 aliphatic rings. The van der Waals surface area contributed by atoms with E-state index < -0.39 is 0 Å². The number of furan rings is 1. The lowest BCUT2D eigenvalue weighted by Crippen LogP contribution is -2.29. The zero-order valence-corrected chi connectivity index (χ0v) is 37.9. The molecule has 0 saturated heterocycles. The van der Waals surface area contributed by atoms with Gasteiger partial charge in [-0.1, -0.05) is 140 Å². The van der Waals surface area contributed by atoms with Crippen LogP contribution in [0.25, 0.3) is 78.7 Å². The Labute approximate surface area is 404 Å². The van der Waals surface area contributed by atoms with Crippen LogP contribution in [0, 0.1) is 0 Å². The fourth-order valence-corrected chi connectivity index (χ4v) is 11.6. The minimum absolute atomic E-state index is 0.0700. The van der Waals surface area contributed by atoms with Gasteiger partial charge in [-0.3, -0.25) is 0 Å². The van der Waals surface area contributed by atoms with Crippen LogP contribution in [0.2, 0.25) is 0 Å². The Morgan fingerprint density at radius 3 is 1.69 bits per heavy atom. The average Bonchev–Trinajstić information content (AvgIpc) is 4.16. The van der Waals surface area contributed by atoms with Crippen molar-refractivity contribution >= 4 is 50.2 Å². The van der Waals surface area contributed by atoms with Gasteiger partial charge in [0.25, 0.3) is 0 Å². The van der Waals surface area contributed by atoms with Gasteiger partial charge in [0, 0.05) is 79.4 Å². The highest BCUT2D eigenvalue weighted by atomic mass is 16.3. The fraction of sp³-hybridized carbons (Fsp3) is 0.0635. The van der Waals surface area contributed by atoms with Gasteiger partial charge in [0.2, 0.25) is 0 Å². The van der Waals surface area contributed by atoms with Crippen LogP contribution in [0.4, 0.5) is 11.4 Å². The number of benzene rings is 6. The first kappa shape index (κ1) is 39.0. The van der Waals surface area contributed by atoms with Gasteiger partial charge < -0.3 is 18.8 Å². The van der Waals surface area contributed by atoms with Gasteiger partial charge in [-0.25, -0.2) is 15.0 Å². The minimum atomic E-state index is 0.0700. The summed E-state index contributed by atoms with van der Waals surface area (Å²) in [5.41, 5.74) is 18.6. The SMILES string of the molecule is C1=CCC2=C3C=CC=CC3N(c3ccc4c(c3)c3cc(N5C6=Cc7oc8ccccc8c7CC6=C6C=CC=CC65)ccc3n4-c3ccc(-c4nc(-c5ccccc5)nc(-c5ccccc5)n4)cc3)C2=C1. The van der Waals surface area contributed by atoms with Crippen LogP contribution >= 0.6 is 0 Å². The van der Waals surface area contributed by atoms with Crippen LogP contribution in [0.1, 0.15) is 17.7 Å². The van der Waals surface area contributed by atoms with E-state index in [0.717, 1.165) is 63.3 Å². The Bertz CT molecular complexity index is 3940. The maximum atomic E-state index is 6.54. The minimum Gasteiger partial charge on any atom is -0.456 e. The monoisotopic (exact) mass is 898 g/mol. The van der Waals surface area contributed by atoms with E-state index in [0.29, 0.717) is 17.5 Å². The van der Waals surface area contributed by atoms with Gasteiger partial charge in [-0.15, -0.1) is 0 Å². The topological polar surface area (TPSA) is 63.2 Å². The van der Waals surface area contributed by atoms with Crippen molar-refractivity contribution in [1.82, 2.24) is 19.5 Å². The molecular formula is C63H42N6O. The van der Waals surface area contributed by atoms with Gasteiger partial charge >= 0.3 is 0 Å². The molecule has 2 atom stereocenters. The number of rotatable bonds is 6. The van der Waals surface area contributed by atoms with Crippen LogP contribution in [0.5, 0.6) is 0 Å². The van der Waals surface area contributed by atoms with Crippen molar-refractivity contribution in [2.75, 3.05) is 9.80 Å². The molecule has 15 rings (SSSR count). The van der Waals surface area contributed by atoms with Crippen molar-refractivity contribution in [3.63, 3.8) is 0 Å². The molecule has 5 heterocycles. The molecule has 6 aromatic carbocycles. The van der Waals surface area contributed by atoms with Crippen molar-refractivity contribution in [3.8, 4) is 39.9 Å². The Morgan fingerprint density at radius 2 is 1.04 bits per heavy atom. The maximum absolute atomic E-state index is 6.54. The lowest BCUT2D eigenvalue weighted by atomic mass is 9.91. The Balaban J connectivity index is 0.893. The lowest BCUT2D eigenvalue weighted by Gasteiger charge is -2.30. The van der Waals surface area contributed by atoms with Crippen LogP contribution in [0.15, 0.2) is 251 Å². The summed E-state index contributed by atoms with van der Waals surface area (Å²) in [5.74, 6) is 2.86. The largest absolute Gasteiger partial charge is 0.456 e. The lowest BCUT2D eigenvalue weighted by molar-refractivity contribution is 0.597. The zero-order valence-electron chi connectivity index (χ0n) is 37.9. The summed E-state index contributed by atoms with van der Waals surface area (Å²) in [6.07, 6.45) is 28.8. The number of hydrogen-bond donors (Lipinski definition) is 0. The number of para-hydroxylation sites is 1. The molecule has 330 valence electrons. The molecule has 2 unspecified atom stereocenters. The third kappa shape index (κ3) is 5.91. The first-order valence-electron chi connectivity index (χ1n) is 24.1. The molecule has 0 radical (unpaired) electrons. The first-order chi connectivity index (χ1) is 34.7. The van der Waals surface area contributed by atoms with Crippen LogP contribution in [-0.4, -0.2) is 31.6 Å². The average molecular weight is 899 g/mol. The standard InChI is InChI=1S/C63H42N6O/c1-3-15-39(16-4-1)61-64-62(40-17-5-2-6-18-40)66-63(65-61)41-27-29-42(30-28-41)67-56-33-31-43(68-53-23-11-7-19-45(53)46-20-8-12-24-54(46)68)35-49(56)50-36-44(32-34-57(50)67)69-55-25-13-9-21-47(55)51-37-52-48-22-10-14-26-59(48)70-60(52)38-58(51)69/h1-19,21-36,38,53,55H,20,37H2. The molecule has 7 heteroatoms. The van der Waals surface area contributed by atoms with Crippen LogP contribution in [0.3, 0.4) is 0 Å². The molecule has 0 spiro atoms. The van der Waals surface area contributed by atoms with Gasteiger partial charge in [0.1, 0.15) is 11.3 Å². The van der Waals surface area contributed by atoms with E-state index in [1.54, 1.807) is 0 Å². The Kier molecular flexibility index (Phi) is 8.48. The summed E-state index contributed by atoms with van der Waals surface area (Å²) in [4.78, 5) is 20.1. The molecule has 0 N–H and O–H groups in total. The van der Waals surface area contributed by atoms with E-state index in [2.05, 4.69) is 172 Å².